The molecule has 0 aromatic heterocycles. The molecule has 24 heavy (non-hydrogen) atoms. The van der Waals surface area contributed by atoms with E-state index in [2.05, 4.69) is 43.0 Å². The summed E-state index contributed by atoms with van der Waals surface area (Å²) in [5, 5.41) is 0. The van der Waals surface area contributed by atoms with E-state index in [1.165, 1.54) is 5.56 Å². The number of benzene rings is 1. The number of amides is 1. The molecule has 1 aliphatic heterocycles. The molecule has 1 aromatic rings. The first-order valence-electron chi connectivity index (χ1n) is 9.00. The Balaban J connectivity index is 2.02. The van der Waals surface area contributed by atoms with E-state index in [0.29, 0.717) is 5.92 Å². The number of ether oxygens (including phenoxy) is 1. The molecule has 0 aliphatic carbocycles. The van der Waals surface area contributed by atoms with E-state index in [1.54, 1.807) is 0 Å². The van der Waals surface area contributed by atoms with Crippen LogP contribution < -0.4 is 0 Å². The normalized spacial score (nSPS) is 19.6. The fourth-order valence-electron chi connectivity index (χ4n) is 3.21. The van der Waals surface area contributed by atoms with Crippen molar-refractivity contribution in [3.8, 4) is 0 Å². The van der Waals surface area contributed by atoms with Crippen molar-refractivity contribution in [3.63, 3.8) is 0 Å². The number of nitrogens with zero attached hydrogens (tertiary/aromatic N) is 2. The third kappa shape index (κ3) is 5.82. The van der Waals surface area contributed by atoms with E-state index in [1.807, 2.05) is 31.7 Å². The van der Waals surface area contributed by atoms with Crippen molar-refractivity contribution < 1.29 is 9.53 Å². The van der Waals surface area contributed by atoms with Gasteiger partial charge in [-0.25, -0.2) is 4.79 Å². The maximum Gasteiger partial charge on any atom is 0.410 e. The van der Waals surface area contributed by atoms with Crippen LogP contribution in [0.3, 0.4) is 0 Å². The van der Waals surface area contributed by atoms with E-state index >= 15 is 0 Å². The Labute approximate surface area is 146 Å². The van der Waals surface area contributed by atoms with Crippen molar-refractivity contribution in [1.29, 1.82) is 0 Å². The monoisotopic (exact) mass is 332 g/mol. The molecular formula is C20H32N2O2. The number of hydrogen-bond donors (Lipinski definition) is 0. The van der Waals surface area contributed by atoms with Gasteiger partial charge in [0, 0.05) is 32.2 Å². The summed E-state index contributed by atoms with van der Waals surface area (Å²) in [6.45, 7) is 13.7. The molecule has 4 heteroatoms. The highest BCUT2D eigenvalue weighted by molar-refractivity contribution is 5.68. The minimum absolute atomic E-state index is 0.174. The van der Waals surface area contributed by atoms with E-state index in [9.17, 15) is 4.79 Å². The van der Waals surface area contributed by atoms with E-state index in [-0.39, 0.29) is 12.1 Å². The molecule has 1 aliphatic rings. The van der Waals surface area contributed by atoms with Crippen LogP contribution in [0, 0.1) is 5.92 Å². The Morgan fingerprint density at radius 1 is 1.21 bits per heavy atom. The van der Waals surface area contributed by atoms with Crippen LogP contribution in [-0.4, -0.2) is 47.2 Å². The number of carbonyl (C=O) groups excluding carboxylic acids is 1. The summed E-state index contributed by atoms with van der Waals surface area (Å²) in [7, 11) is 0. The number of hydrogen-bond acceptors (Lipinski definition) is 3. The second kappa shape index (κ2) is 8.02. The minimum Gasteiger partial charge on any atom is -0.444 e. The number of carbonyl (C=O) groups is 1. The van der Waals surface area contributed by atoms with Crippen molar-refractivity contribution in [2.24, 2.45) is 5.92 Å². The molecule has 0 radical (unpaired) electrons. The second-order valence-electron chi connectivity index (χ2n) is 8.18. The van der Waals surface area contributed by atoms with Crippen LogP contribution in [0.25, 0.3) is 0 Å². The van der Waals surface area contributed by atoms with Gasteiger partial charge in [-0.2, -0.15) is 0 Å². The molecule has 1 unspecified atom stereocenters. The average molecular weight is 332 g/mol. The summed E-state index contributed by atoms with van der Waals surface area (Å²) < 4.78 is 5.61. The van der Waals surface area contributed by atoms with Gasteiger partial charge in [0.1, 0.15) is 5.60 Å². The molecule has 0 bridgehead atoms. The summed E-state index contributed by atoms with van der Waals surface area (Å²) in [6, 6.07) is 10.8. The van der Waals surface area contributed by atoms with Crippen LogP contribution >= 0.6 is 0 Å². The van der Waals surface area contributed by atoms with Crippen LogP contribution in [0.2, 0.25) is 0 Å². The Hall–Kier alpha value is -1.55. The predicted octanol–water partition coefficient (Wildman–Crippen LogP) is 4.15. The van der Waals surface area contributed by atoms with Crippen LogP contribution in [0.4, 0.5) is 4.79 Å². The molecule has 0 saturated carbocycles. The lowest BCUT2D eigenvalue weighted by atomic mass is 10.00. The molecule has 0 N–H and O–H groups in total. The van der Waals surface area contributed by atoms with Crippen LogP contribution in [0.5, 0.6) is 0 Å². The van der Waals surface area contributed by atoms with Crippen molar-refractivity contribution in [2.75, 3.05) is 19.6 Å². The summed E-state index contributed by atoms with van der Waals surface area (Å²) in [4.78, 5) is 16.9. The van der Waals surface area contributed by atoms with Gasteiger partial charge in [0.25, 0.3) is 0 Å². The summed E-state index contributed by atoms with van der Waals surface area (Å²) in [6.07, 6.45) is 0.831. The molecule has 1 fully saturated rings. The zero-order chi connectivity index (χ0) is 17.7. The van der Waals surface area contributed by atoms with Gasteiger partial charge >= 0.3 is 6.09 Å². The third-order valence-electron chi connectivity index (χ3n) is 4.19. The molecule has 1 heterocycles. The van der Waals surface area contributed by atoms with Gasteiger partial charge in [-0.15, -0.1) is 0 Å². The van der Waals surface area contributed by atoms with Gasteiger partial charge in [0.2, 0.25) is 0 Å². The van der Waals surface area contributed by atoms with Crippen molar-refractivity contribution in [2.45, 2.75) is 59.2 Å². The lowest BCUT2D eigenvalue weighted by Crippen LogP contribution is -2.56. The Bertz CT molecular complexity index is 522. The fraction of sp³-hybridized carbons (Fsp3) is 0.650. The second-order valence-corrected chi connectivity index (χ2v) is 8.18. The quantitative estimate of drug-likeness (QED) is 0.830. The molecule has 1 amide bonds. The Kier molecular flexibility index (Phi) is 6.27. The van der Waals surface area contributed by atoms with Gasteiger partial charge in [-0.05, 0) is 38.7 Å². The van der Waals surface area contributed by atoms with Crippen molar-refractivity contribution in [3.05, 3.63) is 35.9 Å². The molecule has 0 spiro atoms. The van der Waals surface area contributed by atoms with E-state index < -0.39 is 5.60 Å². The van der Waals surface area contributed by atoms with Crippen LogP contribution in [0.15, 0.2) is 30.3 Å². The number of rotatable bonds is 4. The molecule has 134 valence electrons. The summed E-state index contributed by atoms with van der Waals surface area (Å²) in [5.41, 5.74) is 0.882. The molecule has 4 nitrogen and oxygen atoms in total. The van der Waals surface area contributed by atoms with Gasteiger partial charge < -0.3 is 9.64 Å². The molecule has 2 rings (SSSR count). The lowest BCUT2D eigenvalue weighted by molar-refractivity contribution is -0.00564. The van der Waals surface area contributed by atoms with Crippen molar-refractivity contribution >= 4 is 6.09 Å². The zero-order valence-corrected chi connectivity index (χ0v) is 15.8. The van der Waals surface area contributed by atoms with Gasteiger partial charge in [0.15, 0.2) is 0 Å². The highest BCUT2D eigenvalue weighted by Crippen LogP contribution is 2.21. The maximum absolute atomic E-state index is 12.6. The summed E-state index contributed by atoms with van der Waals surface area (Å²) >= 11 is 0. The first-order chi connectivity index (χ1) is 11.2. The standard InChI is InChI=1S/C20H32N2O2/c1-16(2)13-18-15-21(14-17-9-7-6-8-10-17)11-12-22(18)19(23)24-20(3,4)5/h6-10,16,18H,11-15H2,1-5H3. The third-order valence-corrected chi connectivity index (χ3v) is 4.19. The minimum atomic E-state index is -0.444. The highest BCUT2D eigenvalue weighted by Gasteiger charge is 2.33. The van der Waals surface area contributed by atoms with Gasteiger partial charge in [-0.3, -0.25) is 4.90 Å². The average Bonchev–Trinajstić information content (AvgIpc) is 2.46. The fourth-order valence-corrected chi connectivity index (χ4v) is 3.21. The highest BCUT2D eigenvalue weighted by atomic mass is 16.6. The van der Waals surface area contributed by atoms with Gasteiger partial charge in [0.05, 0.1) is 0 Å². The first-order valence-corrected chi connectivity index (χ1v) is 9.00. The SMILES string of the molecule is CC(C)CC1CN(Cc2ccccc2)CCN1C(=O)OC(C)(C)C. The Morgan fingerprint density at radius 3 is 2.46 bits per heavy atom. The van der Waals surface area contributed by atoms with E-state index in [4.69, 9.17) is 4.74 Å². The van der Waals surface area contributed by atoms with Crippen LogP contribution in [-0.2, 0) is 11.3 Å². The molecule has 1 saturated heterocycles. The van der Waals surface area contributed by atoms with Gasteiger partial charge in [-0.1, -0.05) is 44.2 Å². The largest absolute Gasteiger partial charge is 0.444 e. The topological polar surface area (TPSA) is 32.8 Å². The predicted molar refractivity (Wildman–Crippen MR) is 97.9 cm³/mol. The molecule has 1 atom stereocenters. The molecule has 1 aromatic carbocycles. The zero-order valence-electron chi connectivity index (χ0n) is 15.8. The Morgan fingerprint density at radius 2 is 1.88 bits per heavy atom. The smallest absolute Gasteiger partial charge is 0.410 e. The van der Waals surface area contributed by atoms with E-state index in [0.717, 1.165) is 32.6 Å². The lowest BCUT2D eigenvalue weighted by Gasteiger charge is -2.42. The molecular weight excluding hydrogens is 300 g/mol. The first kappa shape index (κ1) is 18.8. The van der Waals surface area contributed by atoms with Crippen molar-refractivity contribution in [1.82, 2.24) is 9.80 Å². The maximum atomic E-state index is 12.6. The number of piperazine rings is 1. The van der Waals surface area contributed by atoms with Crippen LogP contribution in [0.1, 0.15) is 46.6 Å². The summed E-state index contributed by atoms with van der Waals surface area (Å²) in [5.74, 6) is 0.552.